The molecule has 0 saturated heterocycles. The quantitative estimate of drug-likeness (QED) is 0.200. The van der Waals surface area contributed by atoms with E-state index >= 15 is 0 Å². The van der Waals surface area contributed by atoms with Gasteiger partial charge in [-0.15, -0.1) is 11.3 Å². The first-order chi connectivity index (χ1) is 22.3. The number of thiophene rings is 1. The molecule has 0 atom stereocenters. The Labute approximate surface area is 263 Å². The molecule has 0 aliphatic carbocycles. The van der Waals surface area contributed by atoms with Gasteiger partial charge in [0.1, 0.15) is 11.2 Å². The molecule has 7 aromatic carbocycles. The first kappa shape index (κ1) is 24.8. The second-order valence-corrected chi connectivity index (χ2v) is 12.8. The molecule has 0 saturated carbocycles. The Morgan fingerprint density at radius 1 is 0.511 bits per heavy atom. The van der Waals surface area contributed by atoms with Crippen molar-refractivity contribution in [2.45, 2.75) is 0 Å². The standard InChI is InChI=1S/C42H25NOS/c1-2-10-30(11-3-1)43-36-15-7-6-13-33(36)42-40(43)34-23-22-29(25-38(34)45-42)26-17-19-28(20-18-26)31-14-8-16-37-39(31)35-24-21-27-9-4-5-12-32(27)41(35)44-37/h1-25H. The van der Waals surface area contributed by atoms with Crippen LogP contribution >= 0.6 is 11.3 Å². The highest BCUT2D eigenvalue weighted by atomic mass is 32.1. The van der Waals surface area contributed by atoms with Crippen LogP contribution < -0.4 is 0 Å². The van der Waals surface area contributed by atoms with Crippen LogP contribution in [0.2, 0.25) is 0 Å². The average Bonchev–Trinajstić information content (AvgIpc) is 3.77. The zero-order valence-electron chi connectivity index (χ0n) is 24.2. The normalized spacial score (nSPS) is 12.0. The van der Waals surface area contributed by atoms with Crippen LogP contribution in [0, 0.1) is 0 Å². The van der Waals surface area contributed by atoms with Crippen LogP contribution in [0.1, 0.15) is 0 Å². The maximum atomic E-state index is 6.44. The van der Waals surface area contributed by atoms with Crippen molar-refractivity contribution in [1.29, 1.82) is 0 Å². The molecule has 0 radical (unpaired) electrons. The van der Waals surface area contributed by atoms with E-state index in [9.17, 15) is 0 Å². The molecule has 0 bridgehead atoms. The summed E-state index contributed by atoms with van der Waals surface area (Å²) in [7, 11) is 0. The molecule has 45 heavy (non-hydrogen) atoms. The van der Waals surface area contributed by atoms with Crippen LogP contribution in [0.15, 0.2) is 156 Å². The number of furan rings is 1. The van der Waals surface area contributed by atoms with Gasteiger partial charge in [0.15, 0.2) is 0 Å². The van der Waals surface area contributed by atoms with E-state index in [0.717, 1.165) is 21.9 Å². The highest BCUT2D eigenvalue weighted by molar-refractivity contribution is 7.26. The van der Waals surface area contributed by atoms with Crippen molar-refractivity contribution >= 4 is 75.3 Å². The molecule has 3 heterocycles. The van der Waals surface area contributed by atoms with E-state index in [1.807, 2.05) is 11.3 Å². The van der Waals surface area contributed by atoms with Gasteiger partial charge in [0.05, 0.1) is 15.7 Å². The van der Waals surface area contributed by atoms with Crippen LogP contribution in [0.5, 0.6) is 0 Å². The minimum absolute atomic E-state index is 0.922. The van der Waals surface area contributed by atoms with Gasteiger partial charge in [-0.05, 0) is 64.0 Å². The second-order valence-electron chi connectivity index (χ2n) is 11.7. The van der Waals surface area contributed by atoms with Crippen LogP contribution in [0.3, 0.4) is 0 Å². The van der Waals surface area contributed by atoms with Gasteiger partial charge in [-0.25, -0.2) is 0 Å². The lowest BCUT2D eigenvalue weighted by molar-refractivity contribution is 0.673. The van der Waals surface area contributed by atoms with Crippen molar-refractivity contribution in [2.24, 2.45) is 0 Å². The predicted molar refractivity (Wildman–Crippen MR) is 192 cm³/mol. The molecule has 0 spiro atoms. The predicted octanol–water partition coefficient (Wildman–Crippen LogP) is 12.4. The zero-order chi connectivity index (χ0) is 29.5. The average molecular weight is 592 g/mol. The molecule has 10 rings (SSSR count). The Bertz CT molecular complexity index is 2740. The molecule has 0 fully saturated rings. The third-order valence-electron chi connectivity index (χ3n) is 9.21. The van der Waals surface area contributed by atoms with E-state index in [0.29, 0.717) is 0 Å². The van der Waals surface area contributed by atoms with Crippen molar-refractivity contribution in [3.8, 4) is 27.9 Å². The summed E-state index contributed by atoms with van der Waals surface area (Å²) in [5, 5.41) is 7.27. The topological polar surface area (TPSA) is 18.1 Å². The van der Waals surface area contributed by atoms with E-state index in [4.69, 9.17) is 4.42 Å². The van der Waals surface area contributed by atoms with Gasteiger partial charge in [0.2, 0.25) is 0 Å². The summed E-state index contributed by atoms with van der Waals surface area (Å²) in [5.74, 6) is 0. The van der Waals surface area contributed by atoms with Gasteiger partial charge in [0.25, 0.3) is 0 Å². The molecular formula is C42H25NOS. The molecule has 10 aromatic rings. The Kier molecular flexibility index (Phi) is 5.19. The zero-order valence-corrected chi connectivity index (χ0v) is 25.0. The molecule has 0 N–H and O–H groups in total. The highest BCUT2D eigenvalue weighted by Gasteiger charge is 2.18. The summed E-state index contributed by atoms with van der Waals surface area (Å²) < 4.78 is 11.5. The molecule has 0 amide bonds. The fourth-order valence-corrected chi connectivity index (χ4v) is 8.39. The number of hydrogen-bond donors (Lipinski definition) is 0. The monoisotopic (exact) mass is 591 g/mol. The van der Waals surface area contributed by atoms with Gasteiger partial charge in [-0.2, -0.15) is 0 Å². The largest absolute Gasteiger partial charge is 0.455 e. The van der Waals surface area contributed by atoms with Crippen molar-refractivity contribution in [2.75, 3.05) is 0 Å². The Morgan fingerprint density at radius 2 is 1.24 bits per heavy atom. The van der Waals surface area contributed by atoms with Gasteiger partial charge in [0, 0.05) is 37.3 Å². The van der Waals surface area contributed by atoms with Crippen molar-refractivity contribution in [3.05, 3.63) is 152 Å². The summed E-state index contributed by atoms with van der Waals surface area (Å²) >= 11 is 1.89. The fraction of sp³-hybridized carbons (Fsp3) is 0. The minimum atomic E-state index is 0.922. The van der Waals surface area contributed by atoms with Crippen molar-refractivity contribution in [3.63, 3.8) is 0 Å². The highest BCUT2D eigenvalue weighted by Crippen LogP contribution is 2.44. The second kappa shape index (κ2) is 9.43. The van der Waals surface area contributed by atoms with Gasteiger partial charge in [-0.1, -0.05) is 115 Å². The minimum Gasteiger partial charge on any atom is -0.455 e. The summed E-state index contributed by atoms with van der Waals surface area (Å²) in [5.41, 5.74) is 10.4. The van der Waals surface area contributed by atoms with E-state index in [2.05, 4.69) is 156 Å². The Balaban J connectivity index is 1.09. The lowest BCUT2D eigenvalue weighted by atomic mass is 9.96. The number of rotatable bonds is 3. The molecule has 0 aliphatic rings. The van der Waals surface area contributed by atoms with E-state index in [1.165, 1.54) is 69.9 Å². The number of fused-ring (bicyclic) bond motifs is 10. The van der Waals surface area contributed by atoms with Gasteiger partial charge >= 0.3 is 0 Å². The molecular weight excluding hydrogens is 567 g/mol. The molecule has 3 heteroatoms. The third kappa shape index (κ3) is 3.62. The van der Waals surface area contributed by atoms with Crippen LogP contribution in [-0.4, -0.2) is 4.57 Å². The first-order valence-corrected chi connectivity index (χ1v) is 16.1. The Morgan fingerprint density at radius 3 is 2.13 bits per heavy atom. The van der Waals surface area contributed by atoms with Gasteiger partial charge < -0.3 is 8.98 Å². The number of para-hydroxylation sites is 2. The first-order valence-electron chi connectivity index (χ1n) is 15.3. The molecule has 0 aliphatic heterocycles. The third-order valence-corrected chi connectivity index (χ3v) is 10.4. The SMILES string of the molecule is c1ccc(-n2c3ccccc3c3sc4cc(-c5ccc(-c6cccc7oc8c9ccccc9ccc8c67)cc5)ccc4c32)cc1. The van der Waals surface area contributed by atoms with Gasteiger partial charge in [-0.3, -0.25) is 0 Å². The smallest absolute Gasteiger partial charge is 0.143 e. The summed E-state index contributed by atoms with van der Waals surface area (Å²) in [4.78, 5) is 0. The number of aromatic nitrogens is 1. The van der Waals surface area contributed by atoms with E-state index in [1.54, 1.807) is 0 Å². The number of hydrogen-bond acceptors (Lipinski definition) is 2. The Hall–Kier alpha value is -5.64. The maximum absolute atomic E-state index is 6.44. The fourth-order valence-electron chi connectivity index (χ4n) is 7.13. The van der Waals surface area contributed by atoms with E-state index < -0.39 is 0 Å². The van der Waals surface area contributed by atoms with Crippen molar-refractivity contribution < 1.29 is 4.42 Å². The summed E-state index contributed by atoms with van der Waals surface area (Å²) in [6, 6.07) is 54.6. The number of nitrogens with zero attached hydrogens (tertiary/aromatic N) is 1. The van der Waals surface area contributed by atoms with Crippen LogP contribution in [0.25, 0.3) is 91.9 Å². The summed E-state index contributed by atoms with van der Waals surface area (Å²) in [6.07, 6.45) is 0. The van der Waals surface area contributed by atoms with Crippen molar-refractivity contribution in [1.82, 2.24) is 4.57 Å². The maximum Gasteiger partial charge on any atom is 0.143 e. The summed E-state index contributed by atoms with van der Waals surface area (Å²) in [6.45, 7) is 0. The van der Waals surface area contributed by atoms with E-state index in [-0.39, 0.29) is 0 Å². The molecule has 2 nitrogen and oxygen atoms in total. The number of benzene rings is 7. The molecule has 0 unspecified atom stereocenters. The van der Waals surface area contributed by atoms with Crippen LogP contribution in [0.4, 0.5) is 0 Å². The molecule has 3 aromatic heterocycles. The lowest BCUT2D eigenvalue weighted by Crippen LogP contribution is -1.92. The molecule has 210 valence electrons. The lowest BCUT2D eigenvalue weighted by Gasteiger charge is -2.09. The van der Waals surface area contributed by atoms with Crippen LogP contribution in [-0.2, 0) is 0 Å².